The van der Waals surface area contributed by atoms with Crippen LogP contribution < -0.4 is 4.74 Å². The molecule has 1 amide bonds. The SMILES string of the molecule is CC(C)(C)CC(=O)N1CCC(N2CCC(Oc3ccncc3)CC2)CC1. The number of carbonyl (C=O) groups excluding carboxylic acids is 1. The molecule has 2 aliphatic rings. The third kappa shape index (κ3) is 5.44. The quantitative estimate of drug-likeness (QED) is 0.827. The summed E-state index contributed by atoms with van der Waals surface area (Å²) in [4.78, 5) is 21.1. The van der Waals surface area contributed by atoms with Gasteiger partial charge in [0.25, 0.3) is 0 Å². The van der Waals surface area contributed by atoms with Crippen molar-refractivity contribution in [2.45, 2.75) is 65.0 Å². The second-order valence-electron chi connectivity index (χ2n) is 8.89. The monoisotopic (exact) mass is 359 g/mol. The number of rotatable bonds is 4. The molecule has 0 saturated carbocycles. The summed E-state index contributed by atoms with van der Waals surface area (Å²) < 4.78 is 6.07. The molecule has 3 heterocycles. The van der Waals surface area contributed by atoms with E-state index in [9.17, 15) is 4.79 Å². The van der Waals surface area contributed by atoms with Gasteiger partial charge >= 0.3 is 0 Å². The van der Waals surface area contributed by atoms with Crippen LogP contribution in [0, 0.1) is 5.41 Å². The van der Waals surface area contributed by atoms with Crippen LogP contribution >= 0.6 is 0 Å². The van der Waals surface area contributed by atoms with Crippen molar-refractivity contribution in [2.24, 2.45) is 5.41 Å². The first kappa shape index (κ1) is 19.2. The van der Waals surface area contributed by atoms with Crippen molar-refractivity contribution in [3.05, 3.63) is 24.5 Å². The molecule has 0 aliphatic carbocycles. The van der Waals surface area contributed by atoms with Gasteiger partial charge in [0.2, 0.25) is 5.91 Å². The number of carbonyl (C=O) groups is 1. The number of pyridine rings is 1. The summed E-state index contributed by atoms with van der Waals surface area (Å²) in [5.74, 6) is 1.24. The number of likely N-dealkylation sites (tertiary alicyclic amines) is 2. The van der Waals surface area contributed by atoms with E-state index in [0.29, 0.717) is 24.5 Å². The highest BCUT2D eigenvalue weighted by molar-refractivity contribution is 5.76. The molecule has 0 radical (unpaired) electrons. The number of hydrogen-bond acceptors (Lipinski definition) is 4. The predicted octanol–water partition coefficient (Wildman–Crippen LogP) is 3.35. The number of hydrogen-bond donors (Lipinski definition) is 0. The topological polar surface area (TPSA) is 45.7 Å². The van der Waals surface area contributed by atoms with Crippen LogP contribution in [0.1, 0.15) is 52.9 Å². The zero-order chi connectivity index (χ0) is 18.6. The van der Waals surface area contributed by atoms with E-state index in [1.54, 1.807) is 12.4 Å². The summed E-state index contributed by atoms with van der Waals surface area (Å²) in [6, 6.07) is 4.48. The average Bonchev–Trinajstić information content (AvgIpc) is 2.62. The first-order chi connectivity index (χ1) is 12.4. The maximum Gasteiger partial charge on any atom is 0.223 e. The molecule has 0 bridgehead atoms. The molecule has 3 rings (SSSR count). The number of piperidine rings is 2. The molecule has 1 aromatic rings. The molecule has 0 aromatic carbocycles. The van der Waals surface area contributed by atoms with E-state index in [0.717, 1.165) is 57.6 Å². The molecule has 2 saturated heterocycles. The van der Waals surface area contributed by atoms with Crippen LogP contribution in [0.15, 0.2) is 24.5 Å². The molecule has 144 valence electrons. The molecule has 5 heteroatoms. The fourth-order valence-electron chi connectivity index (χ4n) is 4.01. The Bertz CT molecular complexity index is 569. The summed E-state index contributed by atoms with van der Waals surface area (Å²) in [7, 11) is 0. The van der Waals surface area contributed by atoms with Gasteiger partial charge in [-0.2, -0.15) is 0 Å². The molecule has 0 spiro atoms. The molecular weight excluding hydrogens is 326 g/mol. The second-order valence-corrected chi connectivity index (χ2v) is 8.89. The summed E-state index contributed by atoms with van der Waals surface area (Å²) >= 11 is 0. The Hall–Kier alpha value is -1.62. The van der Waals surface area contributed by atoms with Gasteiger partial charge in [0.05, 0.1) is 0 Å². The first-order valence-electron chi connectivity index (χ1n) is 9.99. The van der Waals surface area contributed by atoms with Crippen molar-refractivity contribution < 1.29 is 9.53 Å². The highest BCUT2D eigenvalue weighted by Gasteiger charge is 2.31. The lowest BCUT2D eigenvalue weighted by Gasteiger charge is -2.42. The maximum atomic E-state index is 12.4. The van der Waals surface area contributed by atoms with Gasteiger partial charge in [0.15, 0.2) is 0 Å². The van der Waals surface area contributed by atoms with Crippen molar-refractivity contribution in [1.29, 1.82) is 0 Å². The Morgan fingerprint density at radius 3 is 2.27 bits per heavy atom. The van der Waals surface area contributed by atoms with Crippen molar-refractivity contribution in [1.82, 2.24) is 14.8 Å². The summed E-state index contributed by atoms with van der Waals surface area (Å²) in [5.41, 5.74) is 0.0740. The van der Waals surface area contributed by atoms with E-state index in [2.05, 4.69) is 35.6 Å². The van der Waals surface area contributed by atoms with Gasteiger partial charge in [-0.3, -0.25) is 14.7 Å². The summed E-state index contributed by atoms with van der Waals surface area (Å²) in [6.45, 7) is 10.4. The van der Waals surface area contributed by atoms with Gasteiger partial charge in [-0.05, 0) is 43.2 Å². The van der Waals surface area contributed by atoms with E-state index in [1.165, 1.54) is 0 Å². The van der Waals surface area contributed by atoms with Crippen LogP contribution in [0.2, 0.25) is 0 Å². The van der Waals surface area contributed by atoms with Crippen molar-refractivity contribution >= 4 is 5.91 Å². The van der Waals surface area contributed by atoms with Crippen LogP contribution in [-0.2, 0) is 4.79 Å². The molecule has 26 heavy (non-hydrogen) atoms. The Balaban J connectivity index is 1.40. The van der Waals surface area contributed by atoms with Crippen molar-refractivity contribution in [2.75, 3.05) is 26.2 Å². The minimum absolute atomic E-state index is 0.0740. The predicted molar refractivity (Wildman–Crippen MR) is 103 cm³/mol. The van der Waals surface area contributed by atoms with E-state index < -0.39 is 0 Å². The second kappa shape index (κ2) is 8.38. The molecular formula is C21H33N3O2. The van der Waals surface area contributed by atoms with Gasteiger partial charge in [0, 0.05) is 51.0 Å². The van der Waals surface area contributed by atoms with Crippen molar-refractivity contribution in [3.8, 4) is 5.75 Å². The molecule has 2 aliphatic heterocycles. The molecule has 0 N–H and O–H groups in total. The zero-order valence-electron chi connectivity index (χ0n) is 16.5. The Morgan fingerprint density at radius 2 is 1.69 bits per heavy atom. The van der Waals surface area contributed by atoms with Gasteiger partial charge in [-0.25, -0.2) is 0 Å². The van der Waals surface area contributed by atoms with Gasteiger partial charge < -0.3 is 9.64 Å². The van der Waals surface area contributed by atoms with Crippen LogP contribution in [-0.4, -0.2) is 59.0 Å². The largest absolute Gasteiger partial charge is 0.490 e. The molecule has 5 nitrogen and oxygen atoms in total. The lowest BCUT2D eigenvalue weighted by Crippen LogP contribution is -2.50. The number of ether oxygens (including phenoxy) is 1. The number of nitrogens with zero attached hydrogens (tertiary/aromatic N) is 3. The highest BCUT2D eigenvalue weighted by atomic mass is 16.5. The lowest BCUT2D eigenvalue weighted by atomic mass is 9.91. The third-order valence-electron chi connectivity index (χ3n) is 5.44. The Labute approximate surface area is 157 Å². The zero-order valence-corrected chi connectivity index (χ0v) is 16.5. The van der Waals surface area contributed by atoms with E-state index in [-0.39, 0.29) is 5.41 Å². The Kier molecular flexibility index (Phi) is 6.17. The smallest absolute Gasteiger partial charge is 0.223 e. The molecule has 1 aromatic heterocycles. The molecule has 2 fully saturated rings. The summed E-state index contributed by atoms with van der Waals surface area (Å²) in [5, 5.41) is 0. The first-order valence-corrected chi connectivity index (χ1v) is 9.99. The van der Waals surface area contributed by atoms with Crippen molar-refractivity contribution in [3.63, 3.8) is 0 Å². The van der Waals surface area contributed by atoms with Crippen LogP contribution in [0.3, 0.4) is 0 Å². The van der Waals surface area contributed by atoms with Gasteiger partial charge in [-0.1, -0.05) is 20.8 Å². The van der Waals surface area contributed by atoms with Gasteiger partial charge in [-0.15, -0.1) is 0 Å². The molecule has 0 atom stereocenters. The number of aromatic nitrogens is 1. The Morgan fingerprint density at radius 1 is 1.08 bits per heavy atom. The minimum atomic E-state index is 0.0740. The average molecular weight is 360 g/mol. The van der Waals surface area contributed by atoms with Crippen LogP contribution in [0.5, 0.6) is 5.75 Å². The van der Waals surface area contributed by atoms with E-state index in [4.69, 9.17) is 4.74 Å². The fourth-order valence-corrected chi connectivity index (χ4v) is 4.01. The normalized spacial score (nSPS) is 21.0. The minimum Gasteiger partial charge on any atom is -0.490 e. The third-order valence-corrected chi connectivity index (χ3v) is 5.44. The maximum absolute atomic E-state index is 12.4. The highest BCUT2D eigenvalue weighted by Crippen LogP contribution is 2.25. The standard InChI is InChI=1S/C21H33N3O2/c1-21(2,3)16-20(25)24-12-6-17(7-13-24)23-14-8-19(9-15-23)26-18-4-10-22-11-5-18/h4-5,10-11,17,19H,6-9,12-16H2,1-3H3. The van der Waals surface area contributed by atoms with E-state index >= 15 is 0 Å². The lowest BCUT2D eigenvalue weighted by molar-refractivity contribution is -0.134. The number of amides is 1. The summed E-state index contributed by atoms with van der Waals surface area (Å²) in [6.07, 6.45) is 8.87. The van der Waals surface area contributed by atoms with Crippen LogP contribution in [0.4, 0.5) is 0 Å². The molecule has 0 unspecified atom stereocenters. The van der Waals surface area contributed by atoms with Gasteiger partial charge in [0.1, 0.15) is 11.9 Å². The van der Waals surface area contributed by atoms with Crippen LogP contribution in [0.25, 0.3) is 0 Å². The van der Waals surface area contributed by atoms with E-state index in [1.807, 2.05) is 12.1 Å². The fraction of sp³-hybridized carbons (Fsp3) is 0.714.